The first kappa shape index (κ1) is 8.75. The van der Waals surface area contributed by atoms with E-state index in [1.54, 1.807) is 0 Å². The molecule has 1 aromatic rings. The zero-order chi connectivity index (χ0) is 9.26. The van der Waals surface area contributed by atoms with Crippen LogP contribution in [0.4, 0.5) is 0 Å². The molecule has 1 amide bonds. The Bertz CT molecular complexity index is 337. The van der Waals surface area contributed by atoms with Crippen LogP contribution in [-0.4, -0.2) is 12.5 Å². The van der Waals surface area contributed by atoms with Crippen molar-refractivity contribution in [3.8, 4) is 0 Å². The summed E-state index contributed by atoms with van der Waals surface area (Å²) in [6.07, 6.45) is 0.904. The third-order valence-corrected chi connectivity index (χ3v) is 3.05. The fraction of sp³-hybridized carbons (Fsp3) is 0.300. The van der Waals surface area contributed by atoms with Crippen LogP contribution >= 0.6 is 15.9 Å². The highest BCUT2D eigenvalue weighted by atomic mass is 79.9. The second-order valence-corrected chi connectivity index (χ2v) is 4.01. The minimum atomic E-state index is 0.0376. The van der Waals surface area contributed by atoms with E-state index in [0.29, 0.717) is 0 Å². The van der Waals surface area contributed by atoms with Gasteiger partial charge in [0.05, 0.1) is 5.92 Å². The van der Waals surface area contributed by atoms with Crippen LogP contribution in [0, 0.1) is 0 Å². The van der Waals surface area contributed by atoms with E-state index in [1.165, 1.54) is 0 Å². The van der Waals surface area contributed by atoms with Gasteiger partial charge in [-0.2, -0.15) is 0 Å². The third-order valence-electron chi connectivity index (χ3n) is 2.33. The van der Waals surface area contributed by atoms with Gasteiger partial charge in [0.15, 0.2) is 0 Å². The Hall–Kier alpha value is -0.830. The monoisotopic (exact) mass is 239 g/mol. The van der Waals surface area contributed by atoms with Crippen molar-refractivity contribution >= 4 is 21.8 Å². The number of carbonyl (C=O) groups is 1. The van der Waals surface area contributed by atoms with Gasteiger partial charge in [0.2, 0.25) is 5.91 Å². The lowest BCUT2D eigenvalue weighted by molar-refractivity contribution is -0.120. The van der Waals surface area contributed by atoms with Gasteiger partial charge in [-0.05, 0) is 18.1 Å². The summed E-state index contributed by atoms with van der Waals surface area (Å²) in [5.74, 6) is 0.183. The van der Waals surface area contributed by atoms with Crippen molar-refractivity contribution in [1.82, 2.24) is 5.32 Å². The summed E-state index contributed by atoms with van der Waals surface area (Å²) in [5.41, 5.74) is 1.09. The highest BCUT2D eigenvalue weighted by Crippen LogP contribution is 2.29. The predicted molar refractivity (Wildman–Crippen MR) is 54.5 cm³/mol. The molecule has 0 bridgehead atoms. The number of benzene rings is 1. The largest absolute Gasteiger partial charge is 0.356 e. The molecule has 1 saturated heterocycles. The van der Waals surface area contributed by atoms with Crippen LogP contribution in [0.15, 0.2) is 28.7 Å². The van der Waals surface area contributed by atoms with E-state index in [1.807, 2.05) is 24.3 Å². The smallest absolute Gasteiger partial charge is 0.227 e. The van der Waals surface area contributed by atoms with E-state index in [9.17, 15) is 4.79 Å². The average Bonchev–Trinajstić information content (AvgIpc) is 2.52. The second-order valence-electron chi connectivity index (χ2n) is 3.15. The molecule has 0 aliphatic carbocycles. The lowest BCUT2D eigenvalue weighted by Crippen LogP contribution is -2.18. The zero-order valence-electron chi connectivity index (χ0n) is 7.09. The second kappa shape index (κ2) is 3.50. The van der Waals surface area contributed by atoms with Gasteiger partial charge in [0, 0.05) is 11.0 Å². The van der Waals surface area contributed by atoms with Gasteiger partial charge >= 0.3 is 0 Å². The first-order chi connectivity index (χ1) is 6.29. The van der Waals surface area contributed by atoms with Crippen molar-refractivity contribution in [3.05, 3.63) is 34.3 Å². The molecule has 1 aliphatic rings. The van der Waals surface area contributed by atoms with Gasteiger partial charge in [-0.1, -0.05) is 34.1 Å². The molecule has 2 nitrogen and oxygen atoms in total. The Morgan fingerprint density at radius 1 is 1.38 bits per heavy atom. The van der Waals surface area contributed by atoms with Crippen molar-refractivity contribution in [2.75, 3.05) is 6.54 Å². The Morgan fingerprint density at radius 2 is 2.15 bits per heavy atom. The Morgan fingerprint density at radius 3 is 2.77 bits per heavy atom. The van der Waals surface area contributed by atoms with Crippen molar-refractivity contribution in [2.45, 2.75) is 12.3 Å². The summed E-state index contributed by atoms with van der Waals surface area (Å²) in [6.45, 7) is 0.796. The van der Waals surface area contributed by atoms with Crippen LogP contribution in [-0.2, 0) is 4.79 Å². The van der Waals surface area contributed by atoms with Crippen LogP contribution in [0.25, 0.3) is 0 Å². The molecular formula is C10H10BrNO. The standard InChI is InChI=1S/C10H10BrNO/c11-9-4-2-1-3-7(9)8-5-6-12-10(8)13/h1-4,8H,5-6H2,(H,12,13). The third kappa shape index (κ3) is 1.61. The fourth-order valence-corrected chi connectivity index (χ4v) is 2.21. The SMILES string of the molecule is O=C1NCCC1c1ccccc1Br. The number of rotatable bonds is 1. The molecule has 1 atom stereocenters. The van der Waals surface area contributed by atoms with Crippen molar-refractivity contribution in [1.29, 1.82) is 0 Å². The lowest BCUT2D eigenvalue weighted by atomic mass is 9.98. The first-order valence-electron chi connectivity index (χ1n) is 4.31. The van der Waals surface area contributed by atoms with E-state index >= 15 is 0 Å². The van der Waals surface area contributed by atoms with Gasteiger partial charge in [0.1, 0.15) is 0 Å². The van der Waals surface area contributed by atoms with Crippen LogP contribution in [0.1, 0.15) is 17.9 Å². The Labute approximate surface area is 85.5 Å². The maximum atomic E-state index is 11.4. The van der Waals surface area contributed by atoms with Crippen molar-refractivity contribution in [2.24, 2.45) is 0 Å². The normalized spacial score (nSPS) is 21.6. The minimum absolute atomic E-state index is 0.0376. The molecule has 0 saturated carbocycles. The molecule has 2 rings (SSSR count). The number of amides is 1. The summed E-state index contributed by atoms with van der Waals surface area (Å²) in [7, 11) is 0. The Kier molecular flexibility index (Phi) is 2.36. The maximum absolute atomic E-state index is 11.4. The molecule has 1 fully saturated rings. The molecule has 68 valence electrons. The van der Waals surface area contributed by atoms with Crippen LogP contribution in [0.5, 0.6) is 0 Å². The number of hydrogen-bond acceptors (Lipinski definition) is 1. The lowest BCUT2D eigenvalue weighted by Gasteiger charge is -2.08. The molecule has 1 aliphatic heterocycles. The molecule has 0 radical (unpaired) electrons. The first-order valence-corrected chi connectivity index (χ1v) is 5.10. The number of halogens is 1. The fourth-order valence-electron chi connectivity index (χ4n) is 1.65. The highest BCUT2D eigenvalue weighted by molar-refractivity contribution is 9.10. The van der Waals surface area contributed by atoms with Crippen molar-refractivity contribution in [3.63, 3.8) is 0 Å². The van der Waals surface area contributed by atoms with Crippen molar-refractivity contribution < 1.29 is 4.79 Å². The van der Waals surface area contributed by atoms with Gasteiger partial charge in [-0.25, -0.2) is 0 Å². The summed E-state index contributed by atoms with van der Waals surface area (Å²) in [6, 6.07) is 7.90. The number of hydrogen-bond donors (Lipinski definition) is 1. The predicted octanol–water partition coefficient (Wildman–Crippen LogP) is 2.05. The van der Waals surface area contributed by atoms with Crippen LogP contribution in [0.3, 0.4) is 0 Å². The summed E-state index contributed by atoms with van der Waals surface area (Å²) in [4.78, 5) is 11.4. The average molecular weight is 240 g/mol. The molecule has 0 aromatic heterocycles. The van der Waals surface area contributed by atoms with Gasteiger partial charge in [-0.3, -0.25) is 4.79 Å². The molecule has 1 N–H and O–H groups in total. The number of nitrogens with one attached hydrogen (secondary N) is 1. The molecule has 1 heterocycles. The zero-order valence-corrected chi connectivity index (χ0v) is 8.67. The summed E-state index contributed by atoms with van der Waals surface area (Å²) >= 11 is 3.45. The van der Waals surface area contributed by atoms with Gasteiger partial charge in [-0.15, -0.1) is 0 Å². The molecule has 1 aromatic carbocycles. The van der Waals surface area contributed by atoms with E-state index in [2.05, 4.69) is 21.2 Å². The number of carbonyl (C=O) groups excluding carboxylic acids is 1. The van der Waals surface area contributed by atoms with E-state index in [-0.39, 0.29) is 11.8 Å². The quantitative estimate of drug-likeness (QED) is 0.799. The Balaban J connectivity index is 2.34. The topological polar surface area (TPSA) is 29.1 Å². The molecule has 0 spiro atoms. The van der Waals surface area contributed by atoms with Crippen LogP contribution in [0.2, 0.25) is 0 Å². The van der Waals surface area contributed by atoms with Crippen LogP contribution < -0.4 is 5.32 Å². The maximum Gasteiger partial charge on any atom is 0.227 e. The van der Waals surface area contributed by atoms with E-state index in [0.717, 1.165) is 23.0 Å². The van der Waals surface area contributed by atoms with Gasteiger partial charge < -0.3 is 5.32 Å². The molecular weight excluding hydrogens is 230 g/mol. The molecule has 1 unspecified atom stereocenters. The molecule has 3 heteroatoms. The summed E-state index contributed by atoms with van der Waals surface area (Å²) in [5, 5.41) is 2.84. The minimum Gasteiger partial charge on any atom is -0.356 e. The molecule has 13 heavy (non-hydrogen) atoms. The van der Waals surface area contributed by atoms with Gasteiger partial charge in [0.25, 0.3) is 0 Å². The van der Waals surface area contributed by atoms with E-state index < -0.39 is 0 Å². The van der Waals surface area contributed by atoms with E-state index in [4.69, 9.17) is 0 Å². The summed E-state index contributed by atoms with van der Waals surface area (Å²) < 4.78 is 1.03. The highest BCUT2D eigenvalue weighted by Gasteiger charge is 2.26.